The quantitative estimate of drug-likeness (QED) is 0.820. The Kier molecular flexibility index (Phi) is 2.74. The molecule has 2 rings (SSSR count). The lowest BCUT2D eigenvalue weighted by Crippen LogP contribution is -2.16. The second-order valence-corrected chi connectivity index (χ2v) is 5.26. The Labute approximate surface area is 95.8 Å². The average Bonchev–Trinajstić information content (AvgIpc) is 2.64. The Bertz CT molecular complexity index is 395. The topological polar surface area (TPSA) is 57.8 Å². The monoisotopic (exact) mass is 221 g/mol. The van der Waals surface area contributed by atoms with Crippen LogP contribution in [0.25, 0.3) is 0 Å². The van der Waals surface area contributed by atoms with Crippen molar-refractivity contribution in [2.24, 2.45) is 11.3 Å². The molecular weight excluding hydrogens is 202 g/mol. The van der Waals surface area contributed by atoms with Crippen LogP contribution in [0.2, 0.25) is 0 Å². The van der Waals surface area contributed by atoms with E-state index in [0.29, 0.717) is 5.82 Å². The smallest absolute Gasteiger partial charge is 0.229 e. The van der Waals surface area contributed by atoms with Crippen molar-refractivity contribution < 1.29 is 4.79 Å². The van der Waals surface area contributed by atoms with E-state index in [4.69, 9.17) is 0 Å². The molecule has 1 heterocycles. The number of aryl methyl sites for hydroxylation is 1. The minimum atomic E-state index is 0.0968. The first-order valence-corrected chi connectivity index (χ1v) is 5.88. The van der Waals surface area contributed by atoms with Gasteiger partial charge in [0.05, 0.1) is 0 Å². The summed E-state index contributed by atoms with van der Waals surface area (Å²) < 4.78 is 0. The second-order valence-electron chi connectivity index (χ2n) is 5.26. The van der Waals surface area contributed by atoms with Crippen LogP contribution in [0.1, 0.15) is 39.3 Å². The van der Waals surface area contributed by atoms with Gasteiger partial charge in [-0.05, 0) is 18.3 Å². The Morgan fingerprint density at radius 1 is 1.69 bits per heavy atom. The Morgan fingerprint density at radius 3 is 2.94 bits per heavy atom. The van der Waals surface area contributed by atoms with E-state index in [1.165, 1.54) is 0 Å². The molecule has 0 spiro atoms. The van der Waals surface area contributed by atoms with E-state index >= 15 is 0 Å². The maximum absolute atomic E-state index is 11.8. The first-order valence-electron chi connectivity index (χ1n) is 5.88. The molecule has 1 saturated carbocycles. The Morgan fingerprint density at radius 2 is 2.38 bits per heavy atom. The number of hydrogen-bond donors (Lipinski definition) is 2. The molecule has 2 N–H and O–H groups in total. The standard InChI is InChI=1S/C12H19N3O/c1-4-5-8-6-10(15-14-8)13-11(16)9-7-12(9,2)3/h6,9H,4-5,7H2,1-3H3,(H2,13,14,15,16). The third-order valence-electron chi connectivity index (χ3n) is 3.23. The van der Waals surface area contributed by atoms with Crippen LogP contribution in [0.15, 0.2) is 6.07 Å². The third-order valence-corrected chi connectivity index (χ3v) is 3.23. The van der Waals surface area contributed by atoms with Crippen LogP contribution in [-0.2, 0) is 11.2 Å². The fraction of sp³-hybridized carbons (Fsp3) is 0.667. The van der Waals surface area contributed by atoms with Gasteiger partial charge in [-0.3, -0.25) is 9.89 Å². The molecule has 1 aromatic rings. The number of aromatic amines is 1. The molecule has 4 nitrogen and oxygen atoms in total. The number of hydrogen-bond acceptors (Lipinski definition) is 2. The number of anilines is 1. The van der Waals surface area contributed by atoms with Crippen LogP contribution in [0.5, 0.6) is 0 Å². The number of amides is 1. The lowest BCUT2D eigenvalue weighted by molar-refractivity contribution is -0.118. The van der Waals surface area contributed by atoms with Crippen LogP contribution in [0.4, 0.5) is 5.82 Å². The van der Waals surface area contributed by atoms with Gasteiger partial charge in [0, 0.05) is 17.7 Å². The van der Waals surface area contributed by atoms with E-state index in [2.05, 4.69) is 36.3 Å². The van der Waals surface area contributed by atoms with Crippen molar-refractivity contribution in [1.29, 1.82) is 0 Å². The minimum absolute atomic E-state index is 0.0968. The summed E-state index contributed by atoms with van der Waals surface area (Å²) >= 11 is 0. The molecule has 4 heteroatoms. The van der Waals surface area contributed by atoms with Gasteiger partial charge in [-0.2, -0.15) is 5.10 Å². The zero-order valence-corrected chi connectivity index (χ0v) is 10.1. The Hall–Kier alpha value is -1.32. The van der Waals surface area contributed by atoms with Gasteiger partial charge in [-0.1, -0.05) is 27.2 Å². The molecule has 1 aliphatic carbocycles. The third kappa shape index (κ3) is 2.26. The maximum atomic E-state index is 11.8. The van der Waals surface area contributed by atoms with Gasteiger partial charge in [0.25, 0.3) is 0 Å². The van der Waals surface area contributed by atoms with Gasteiger partial charge in [0.1, 0.15) is 0 Å². The highest BCUT2D eigenvalue weighted by Gasteiger charge is 2.50. The van der Waals surface area contributed by atoms with Crippen LogP contribution in [0.3, 0.4) is 0 Å². The Balaban J connectivity index is 1.91. The van der Waals surface area contributed by atoms with Gasteiger partial charge >= 0.3 is 0 Å². The minimum Gasteiger partial charge on any atom is -0.309 e. The molecule has 1 atom stereocenters. The van der Waals surface area contributed by atoms with Crippen LogP contribution < -0.4 is 5.32 Å². The van der Waals surface area contributed by atoms with Crippen LogP contribution in [-0.4, -0.2) is 16.1 Å². The highest BCUT2D eigenvalue weighted by molar-refractivity contribution is 5.94. The molecule has 1 aliphatic rings. The number of H-pyrrole nitrogens is 1. The highest BCUT2D eigenvalue weighted by Crippen LogP contribution is 2.51. The van der Waals surface area contributed by atoms with E-state index in [-0.39, 0.29) is 17.2 Å². The predicted octanol–water partition coefficient (Wildman–Crippen LogP) is 2.35. The SMILES string of the molecule is CCCc1cc(NC(=O)C2CC2(C)C)n[nH]1. The number of aromatic nitrogens is 2. The van der Waals surface area contributed by atoms with Crippen molar-refractivity contribution in [2.75, 3.05) is 5.32 Å². The van der Waals surface area contributed by atoms with Crippen molar-refractivity contribution in [1.82, 2.24) is 10.2 Å². The summed E-state index contributed by atoms with van der Waals surface area (Å²) in [6.07, 6.45) is 3.02. The molecule has 0 aromatic carbocycles. The normalized spacial score (nSPS) is 21.8. The fourth-order valence-corrected chi connectivity index (χ4v) is 1.95. The number of nitrogens with one attached hydrogen (secondary N) is 2. The maximum Gasteiger partial charge on any atom is 0.229 e. The lowest BCUT2D eigenvalue weighted by atomic mass is 10.1. The molecular formula is C12H19N3O. The fourth-order valence-electron chi connectivity index (χ4n) is 1.95. The van der Waals surface area contributed by atoms with Crippen LogP contribution >= 0.6 is 0 Å². The van der Waals surface area contributed by atoms with Crippen molar-refractivity contribution >= 4 is 11.7 Å². The van der Waals surface area contributed by atoms with Gasteiger partial charge in [0.15, 0.2) is 5.82 Å². The first kappa shape index (κ1) is 11.2. The van der Waals surface area contributed by atoms with E-state index < -0.39 is 0 Å². The van der Waals surface area contributed by atoms with Gasteiger partial charge in [0.2, 0.25) is 5.91 Å². The van der Waals surface area contributed by atoms with E-state index in [1.807, 2.05) is 6.07 Å². The lowest BCUT2D eigenvalue weighted by Gasteiger charge is -2.02. The molecule has 1 fully saturated rings. The summed E-state index contributed by atoms with van der Waals surface area (Å²) in [5, 5.41) is 9.86. The molecule has 0 saturated heterocycles. The first-order chi connectivity index (χ1) is 7.53. The second kappa shape index (κ2) is 3.92. The summed E-state index contributed by atoms with van der Waals surface area (Å²) in [5.74, 6) is 0.898. The largest absolute Gasteiger partial charge is 0.309 e. The van der Waals surface area contributed by atoms with Crippen LogP contribution in [0, 0.1) is 11.3 Å². The predicted molar refractivity (Wildman–Crippen MR) is 63.1 cm³/mol. The average molecular weight is 221 g/mol. The summed E-state index contributed by atoms with van der Waals surface area (Å²) in [4.78, 5) is 11.8. The summed E-state index contributed by atoms with van der Waals surface area (Å²) in [7, 11) is 0. The number of nitrogens with zero attached hydrogens (tertiary/aromatic N) is 1. The number of carbonyl (C=O) groups excluding carboxylic acids is 1. The van der Waals surface area contributed by atoms with Gasteiger partial charge < -0.3 is 5.32 Å². The highest BCUT2D eigenvalue weighted by atomic mass is 16.2. The molecule has 1 amide bonds. The summed E-state index contributed by atoms with van der Waals surface area (Å²) in [6.45, 7) is 6.35. The van der Waals surface area contributed by atoms with Crippen molar-refractivity contribution in [3.63, 3.8) is 0 Å². The van der Waals surface area contributed by atoms with E-state index in [9.17, 15) is 4.79 Å². The summed E-state index contributed by atoms with van der Waals surface area (Å²) in [6, 6.07) is 1.91. The molecule has 0 bridgehead atoms. The molecule has 88 valence electrons. The zero-order chi connectivity index (χ0) is 11.8. The molecule has 0 radical (unpaired) electrons. The molecule has 0 aliphatic heterocycles. The zero-order valence-electron chi connectivity index (χ0n) is 10.1. The van der Waals surface area contributed by atoms with Crippen molar-refractivity contribution in [2.45, 2.75) is 40.0 Å². The van der Waals surface area contributed by atoms with Crippen molar-refractivity contribution in [3.05, 3.63) is 11.8 Å². The van der Waals surface area contributed by atoms with Gasteiger partial charge in [-0.25, -0.2) is 0 Å². The molecule has 1 aromatic heterocycles. The number of carbonyl (C=O) groups is 1. The number of rotatable bonds is 4. The van der Waals surface area contributed by atoms with E-state index in [0.717, 1.165) is 25.0 Å². The summed E-state index contributed by atoms with van der Waals surface area (Å²) in [5.41, 5.74) is 1.25. The molecule has 1 unspecified atom stereocenters. The van der Waals surface area contributed by atoms with E-state index in [1.54, 1.807) is 0 Å². The molecule has 16 heavy (non-hydrogen) atoms. The van der Waals surface area contributed by atoms with Crippen molar-refractivity contribution in [3.8, 4) is 0 Å². The van der Waals surface area contributed by atoms with Gasteiger partial charge in [-0.15, -0.1) is 0 Å².